The SMILES string of the molecule is COc1cc([C@@H]2c3cc4c(cc3N[C@H](c3ccc(O)cc3)[C@H]2C)OCO4)ccc1O. The van der Waals surface area contributed by atoms with E-state index in [2.05, 4.69) is 12.2 Å². The summed E-state index contributed by atoms with van der Waals surface area (Å²) in [6.45, 7) is 2.41. The number of nitrogens with one attached hydrogen (secondary N) is 1. The van der Waals surface area contributed by atoms with Crippen LogP contribution >= 0.6 is 0 Å². The molecular weight excluding hydrogens is 382 g/mol. The number of rotatable bonds is 3. The van der Waals surface area contributed by atoms with Gasteiger partial charge < -0.3 is 29.7 Å². The summed E-state index contributed by atoms with van der Waals surface area (Å²) < 4.78 is 16.6. The Balaban J connectivity index is 1.66. The van der Waals surface area contributed by atoms with E-state index in [-0.39, 0.29) is 36.2 Å². The number of hydrogen-bond donors (Lipinski definition) is 3. The number of hydrogen-bond acceptors (Lipinski definition) is 6. The van der Waals surface area contributed by atoms with Gasteiger partial charge in [-0.3, -0.25) is 0 Å². The van der Waals surface area contributed by atoms with Gasteiger partial charge in [0, 0.05) is 17.7 Å². The zero-order chi connectivity index (χ0) is 20.8. The molecular formula is C24H23NO5. The lowest BCUT2D eigenvalue weighted by molar-refractivity contribution is 0.174. The number of aromatic hydroxyl groups is 2. The Labute approximate surface area is 174 Å². The van der Waals surface area contributed by atoms with Crippen LogP contribution in [0.3, 0.4) is 0 Å². The van der Waals surface area contributed by atoms with Crippen molar-refractivity contribution in [2.24, 2.45) is 5.92 Å². The van der Waals surface area contributed by atoms with Gasteiger partial charge in [-0.05, 0) is 52.9 Å². The summed E-state index contributed by atoms with van der Waals surface area (Å²) in [6, 6.07) is 16.8. The topological polar surface area (TPSA) is 80.2 Å². The predicted molar refractivity (Wildman–Crippen MR) is 113 cm³/mol. The van der Waals surface area contributed by atoms with Crippen LogP contribution < -0.4 is 19.5 Å². The third-order valence-corrected chi connectivity index (χ3v) is 6.06. The number of methoxy groups -OCH3 is 1. The summed E-state index contributed by atoms with van der Waals surface area (Å²) in [7, 11) is 1.55. The first-order valence-electron chi connectivity index (χ1n) is 9.91. The average molecular weight is 405 g/mol. The second-order valence-electron chi connectivity index (χ2n) is 7.77. The molecule has 0 bridgehead atoms. The number of phenols is 2. The second-order valence-corrected chi connectivity index (χ2v) is 7.77. The highest BCUT2D eigenvalue weighted by atomic mass is 16.7. The lowest BCUT2D eigenvalue weighted by Crippen LogP contribution is -2.30. The molecule has 0 unspecified atom stereocenters. The molecule has 2 aliphatic heterocycles. The van der Waals surface area contributed by atoms with Crippen LogP contribution in [0.5, 0.6) is 28.7 Å². The monoisotopic (exact) mass is 405 g/mol. The van der Waals surface area contributed by atoms with E-state index in [1.54, 1.807) is 25.3 Å². The average Bonchev–Trinajstić information content (AvgIpc) is 3.21. The van der Waals surface area contributed by atoms with Crippen molar-refractivity contribution in [2.45, 2.75) is 18.9 Å². The molecule has 30 heavy (non-hydrogen) atoms. The molecule has 2 heterocycles. The number of ether oxygens (including phenoxy) is 3. The van der Waals surface area contributed by atoms with Crippen LogP contribution in [-0.4, -0.2) is 24.1 Å². The van der Waals surface area contributed by atoms with Gasteiger partial charge in [-0.2, -0.15) is 0 Å². The molecule has 2 aliphatic rings. The molecule has 3 aromatic carbocycles. The number of phenolic OH excluding ortho intramolecular Hbond substituents is 2. The Morgan fingerprint density at radius 3 is 2.37 bits per heavy atom. The first kappa shape index (κ1) is 18.5. The van der Waals surface area contributed by atoms with Crippen molar-refractivity contribution < 1.29 is 24.4 Å². The van der Waals surface area contributed by atoms with Crippen molar-refractivity contribution in [3.05, 3.63) is 71.3 Å². The molecule has 3 N–H and O–H groups in total. The summed E-state index contributed by atoms with van der Waals surface area (Å²) in [6.07, 6.45) is 0. The van der Waals surface area contributed by atoms with Gasteiger partial charge in [0.05, 0.1) is 13.2 Å². The third-order valence-electron chi connectivity index (χ3n) is 6.06. The lowest BCUT2D eigenvalue weighted by Gasteiger charge is -2.40. The Morgan fingerprint density at radius 2 is 1.63 bits per heavy atom. The van der Waals surface area contributed by atoms with Crippen molar-refractivity contribution in [3.63, 3.8) is 0 Å². The second kappa shape index (κ2) is 7.06. The molecule has 0 radical (unpaired) electrons. The molecule has 3 aromatic rings. The quantitative estimate of drug-likeness (QED) is 0.583. The van der Waals surface area contributed by atoms with Gasteiger partial charge in [0.1, 0.15) is 5.75 Å². The Bertz CT molecular complexity index is 1100. The van der Waals surface area contributed by atoms with Gasteiger partial charge >= 0.3 is 0 Å². The van der Waals surface area contributed by atoms with Crippen molar-refractivity contribution in [2.75, 3.05) is 19.2 Å². The smallest absolute Gasteiger partial charge is 0.231 e. The highest BCUT2D eigenvalue weighted by Gasteiger charge is 2.37. The summed E-state index contributed by atoms with van der Waals surface area (Å²) in [5.74, 6) is 2.46. The third kappa shape index (κ3) is 2.96. The number of anilines is 1. The maximum Gasteiger partial charge on any atom is 0.231 e. The standard InChI is InChI=1S/C24H23NO5/c1-13-23(15-5-8-19(27)20(9-15)28-2)17-10-21-22(30-12-29-21)11-18(17)25-24(13)14-3-6-16(26)7-4-14/h3-11,13,23-27H,12H2,1-2H3/t13-,23+,24-/m0/s1. The summed E-state index contributed by atoms with van der Waals surface area (Å²) in [5.41, 5.74) is 4.21. The zero-order valence-corrected chi connectivity index (χ0v) is 16.8. The molecule has 0 saturated carbocycles. The Morgan fingerprint density at radius 1 is 0.933 bits per heavy atom. The fraction of sp³-hybridized carbons (Fsp3) is 0.250. The summed E-state index contributed by atoms with van der Waals surface area (Å²) >= 11 is 0. The predicted octanol–water partition coefficient (Wildman–Crippen LogP) is 4.77. The molecule has 5 rings (SSSR count). The van der Waals surface area contributed by atoms with E-state index in [1.807, 2.05) is 36.4 Å². The zero-order valence-electron chi connectivity index (χ0n) is 16.8. The van der Waals surface area contributed by atoms with Crippen LogP contribution in [0.1, 0.15) is 35.6 Å². The van der Waals surface area contributed by atoms with Crippen LogP contribution in [0.4, 0.5) is 5.69 Å². The molecule has 154 valence electrons. The van der Waals surface area contributed by atoms with Crippen molar-refractivity contribution in [1.29, 1.82) is 0 Å². The number of benzene rings is 3. The van der Waals surface area contributed by atoms with Crippen LogP contribution in [0, 0.1) is 5.92 Å². The minimum Gasteiger partial charge on any atom is -0.508 e. The van der Waals surface area contributed by atoms with Crippen LogP contribution in [0.2, 0.25) is 0 Å². The van der Waals surface area contributed by atoms with Gasteiger partial charge in [0.2, 0.25) is 6.79 Å². The van der Waals surface area contributed by atoms with E-state index in [0.717, 1.165) is 33.9 Å². The fourth-order valence-corrected chi connectivity index (χ4v) is 4.55. The lowest BCUT2D eigenvalue weighted by atomic mass is 9.73. The van der Waals surface area contributed by atoms with Gasteiger partial charge in [0.25, 0.3) is 0 Å². The fourth-order valence-electron chi connectivity index (χ4n) is 4.55. The minimum atomic E-state index is 0.0169. The molecule has 0 fully saturated rings. The van der Waals surface area contributed by atoms with E-state index in [1.165, 1.54) is 0 Å². The van der Waals surface area contributed by atoms with Crippen molar-refractivity contribution in [1.82, 2.24) is 0 Å². The van der Waals surface area contributed by atoms with Crippen LogP contribution in [0.25, 0.3) is 0 Å². The van der Waals surface area contributed by atoms with E-state index in [0.29, 0.717) is 5.75 Å². The number of fused-ring (bicyclic) bond motifs is 2. The Hall–Kier alpha value is -3.54. The molecule has 0 aromatic heterocycles. The molecule has 0 aliphatic carbocycles. The van der Waals surface area contributed by atoms with Crippen LogP contribution in [-0.2, 0) is 0 Å². The normalized spacial score (nSPS) is 21.6. The largest absolute Gasteiger partial charge is 0.508 e. The van der Waals surface area contributed by atoms with Gasteiger partial charge in [-0.1, -0.05) is 25.1 Å². The molecule has 6 heteroatoms. The highest BCUT2D eigenvalue weighted by Crippen LogP contribution is 2.52. The van der Waals surface area contributed by atoms with Gasteiger partial charge in [-0.15, -0.1) is 0 Å². The summed E-state index contributed by atoms with van der Waals surface area (Å²) in [5, 5.41) is 23.4. The molecule has 3 atom stereocenters. The van der Waals surface area contributed by atoms with E-state index in [9.17, 15) is 10.2 Å². The van der Waals surface area contributed by atoms with Gasteiger partial charge in [-0.25, -0.2) is 0 Å². The first-order chi connectivity index (χ1) is 14.5. The minimum absolute atomic E-state index is 0.0169. The molecule has 0 spiro atoms. The maximum absolute atomic E-state index is 10.1. The van der Waals surface area contributed by atoms with Crippen molar-refractivity contribution >= 4 is 5.69 Å². The summed E-state index contributed by atoms with van der Waals surface area (Å²) in [4.78, 5) is 0. The highest BCUT2D eigenvalue weighted by molar-refractivity contribution is 5.67. The molecule has 0 saturated heterocycles. The van der Waals surface area contributed by atoms with Crippen molar-refractivity contribution in [3.8, 4) is 28.7 Å². The first-order valence-corrected chi connectivity index (χ1v) is 9.91. The van der Waals surface area contributed by atoms with E-state index in [4.69, 9.17) is 14.2 Å². The Kier molecular flexibility index (Phi) is 4.35. The molecule has 6 nitrogen and oxygen atoms in total. The van der Waals surface area contributed by atoms with E-state index < -0.39 is 0 Å². The molecule has 0 amide bonds. The van der Waals surface area contributed by atoms with E-state index >= 15 is 0 Å². The van der Waals surface area contributed by atoms with Crippen LogP contribution in [0.15, 0.2) is 54.6 Å². The maximum atomic E-state index is 10.1. The van der Waals surface area contributed by atoms with Gasteiger partial charge in [0.15, 0.2) is 23.0 Å².